The number of unbranched alkanes of at least 4 members (excludes halogenated alkanes) is 4. The van der Waals surface area contributed by atoms with Gasteiger partial charge < -0.3 is 9.84 Å². The largest absolute Gasteiger partial charge is 0.493 e. The summed E-state index contributed by atoms with van der Waals surface area (Å²) in [5.41, 5.74) is 3.12. The van der Waals surface area contributed by atoms with Crippen molar-refractivity contribution >= 4 is 12.0 Å². The molecule has 0 spiro atoms. The zero-order valence-corrected chi connectivity index (χ0v) is 19.5. The first-order valence-electron chi connectivity index (χ1n) is 12.4. The number of carboxylic acid groups (broad SMARTS) is 1. The van der Waals surface area contributed by atoms with Crippen molar-refractivity contribution in [1.29, 1.82) is 0 Å². The maximum absolute atomic E-state index is 10.6. The van der Waals surface area contributed by atoms with Gasteiger partial charge in [0, 0.05) is 6.08 Å². The third kappa shape index (κ3) is 8.18. The molecule has 0 unspecified atom stereocenters. The predicted octanol–water partition coefficient (Wildman–Crippen LogP) is 8.00. The molecule has 1 aliphatic carbocycles. The number of carboxylic acids is 1. The van der Waals surface area contributed by atoms with Crippen molar-refractivity contribution in [2.24, 2.45) is 11.8 Å². The molecule has 0 radical (unpaired) electrons. The molecular formula is C29H38O3. The van der Waals surface area contributed by atoms with Crippen LogP contribution in [0, 0.1) is 11.8 Å². The van der Waals surface area contributed by atoms with Gasteiger partial charge >= 0.3 is 5.97 Å². The Morgan fingerprint density at radius 2 is 1.47 bits per heavy atom. The Hall–Kier alpha value is -2.55. The Morgan fingerprint density at radius 3 is 2.09 bits per heavy atom. The maximum Gasteiger partial charge on any atom is 0.328 e. The van der Waals surface area contributed by atoms with Crippen molar-refractivity contribution in [3.05, 3.63) is 60.2 Å². The molecule has 1 saturated carbocycles. The van der Waals surface area contributed by atoms with Gasteiger partial charge in [-0.1, -0.05) is 94.7 Å². The smallest absolute Gasteiger partial charge is 0.328 e. The average Bonchev–Trinajstić information content (AvgIpc) is 2.83. The van der Waals surface area contributed by atoms with Gasteiger partial charge in [0.15, 0.2) is 0 Å². The van der Waals surface area contributed by atoms with E-state index in [4.69, 9.17) is 9.84 Å². The average molecular weight is 435 g/mol. The molecular weight excluding hydrogens is 396 g/mol. The minimum atomic E-state index is -0.935. The molecule has 1 aliphatic rings. The Kier molecular flexibility index (Phi) is 9.87. The molecule has 2 aromatic carbocycles. The van der Waals surface area contributed by atoms with Crippen LogP contribution in [-0.4, -0.2) is 17.7 Å². The molecule has 1 N–H and O–H groups in total. The number of hydrogen-bond acceptors (Lipinski definition) is 2. The fraction of sp³-hybridized carbons (Fsp3) is 0.483. The van der Waals surface area contributed by atoms with E-state index in [1.807, 2.05) is 24.3 Å². The lowest BCUT2D eigenvalue weighted by atomic mass is 9.80. The van der Waals surface area contributed by atoms with Crippen LogP contribution < -0.4 is 4.74 Å². The molecule has 172 valence electrons. The first kappa shape index (κ1) is 24.1. The highest BCUT2D eigenvalue weighted by molar-refractivity contribution is 5.85. The van der Waals surface area contributed by atoms with Crippen LogP contribution in [0.5, 0.6) is 5.75 Å². The van der Waals surface area contributed by atoms with Gasteiger partial charge in [0.25, 0.3) is 0 Å². The molecule has 3 heteroatoms. The van der Waals surface area contributed by atoms with Crippen molar-refractivity contribution in [3.8, 4) is 16.9 Å². The summed E-state index contributed by atoms with van der Waals surface area (Å²) >= 11 is 0. The summed E-state index contributed by atoms with van der Waals surface area (Å²) in [7, 11) is 0. The van der Waals surface area contributed by atoms with E-state index in [0.29, 0.717) is 5.92 Å². The van der Waals surface area contributed by atoms with Gasteiger partial charge in [-0.05, 0) is 59.6 Å². The summed E-state index contributed by atoms with van der Waals surface area (Å²) in [5, 5.41) is 8.73. The second kappa shape index (κ2) is 13.1. The molecule has 0 bridgehead atoms. The normalized spacial score (nSPS) is 18.7. The number of ether oxygens (including phenoxy) is 1. The van der Waals surface area contributed by atoms with Crippen LogP contribution in [0.3, 0.4) is 0 Å². The topological polar surface area (TPSA) is 46.5 Å². The highest BCUT2D eigenvalue weighted by Gasteiger charge is 2.21. The zero-order chi connectivity index (χ0) is 22.6. The third-order valence-corrected chi connectivity index (χ3v) is 6.68. The van der Waals surface area contributed by atoms with Gasteiger partial charge in [0.2, 0.25) is 0 Å². The Morgan fingerprint density at radius 1 is 0.875 bits per heavy atom. The quantitative estimate of drug-likeness (QED) is 0.272. The Balaban J connectivity index is 1.39. The molecule has 32 heavy (non-hydrogen) atoms. The van der Waals surface area contributed by atoms with Crippen LogP contribution in [0.25, 0.3) is 17.2 Å². The minimum absolute atomic E-state index is 0.692. The second-order valence-electron chi connectivity index (χ2n) is 9.22. The summed E-state index contributed by atoms with van der Waals surface area (Å²) in [6, 6.07) is 16.2. The van der Waals surface area contributed by atoms with Gasteiger partial charge in [-0.3, -0.25) is 0 Å². The van der Waals surface area contributed by atoms with Crippen LogP contribution in [0.2, 0.25) is 0 Å². The van der Waals surface area contributed by atoms with E-state index in [2.05, 4.69) is 31.2 Å². The van der Waals surface area contributed by atoms with Crippen molar-refractivity contribution in [1.82, 2.24) is 0 Å². The van der Waals surface area contributed by atoms with E-state index < -0.39 is 5.97 Å². The van der Waals surface area contributed by atoms with E-state index in [9.17, 15) is 4.79 Å². The van der Waals surface area contributed by atoms with E-state index in [0.717, 1.165) is 41.0 Å². The van der Waals surface area contributed by atoms with Crippen LogP contribution >= 0.6 is 0 Å². The fourth-order valence-corrected chi connectivity index (χ4v) is 4.64. The number of rotatable bonds is 12. The van der Waals surface area contributed by atoms with Crippen LogP contribution in [0.15, 0.2) is 54.6 Å². The van der Waals surface area contributed by atoms with Gasteiger partial charge in [0.05, 0.1) is 6.61 Å². The molecule has 0 amide bonds. The zero-order valence-electron chi connectivity index (χ0n) is 19.5. The third-order valence-electron chi connectivity index (χ3n) is 6.68. The van der Waals surface area contributed by atoms with Crippen molar-refractivity contribution in [2.45, 2.75) is 71.1 Å². The molecule has 0 aromatic heterocycles. The molecule has 3 rings (SSSR count). The van der Waals surface area contributed by atoms with Crippen molar-refractivity contribution < 1.29 is 14.6 Å². The Bertz CT molecular complexity index is 828. The van der Waals surface area contributed by atoms with E-state index in [-0.39, 0.29) is 0 Å². The summed E-state index contributed by atoms with van der Waals surface area (Å²) < 4.78 is 6.11. The maximum atomic E-state index is 10.6. The van der Waals surface area contributed by atoms with Crippen LogP contribution in [0.1, 0.15) is 76.7 Å². The first-order chi connectivity index (χ1) is 15.6. The standard InChI is InChI=1S/C29H38O3/c1-2-3-4-5-6-7-23-8-10-25(11-9-23)22-32-28-19-17-27(18-20-28)26-15-12-24(13-16-26)14-21-29(30)31/h12-21,23,25H,2-11,22H2,1H3,(H,30,31)/t23-,25+. The fourth-order valence-electron chi connectivity index (χ4n) is 4.64. The Labute approximate surface area is 193 Å². The number of hydrogen-bond donors (Lipinski definition) is 1. The molecule has 1 fully saturated rings. The number of aliphatic carboxylic acids is 1. The molecule has 0 heterocycles. The summed E-state index contributed by atoms with van der Waals surface area (Å²) in [4.78, 5) is 10.6. The molecule has 0 atom stereocenters. The second-order valence-corrected chi connectivity index (χ2v) is 9.22. The van der Waals surface area contributed by atoms with Crippen LogP contribution in [0.4, 0.5) is 0 Å². The molecule has 3 nitrogen and oxygen atoms in total. The minimum Gasteiger partial charge on any atom is -0.493 e. The first-order valence-corrected chi connectivity index (χ1v) is 12.4. The predicted molar refractivity (Wildman–Crippen MR) is 133 cm³/mol. The monoisotopic (exact) mass is 434 g/mol. The molecule has 0 saturated heterocycles. The van der Waals surface area contributed by atoms with Gasteiger partial charge in [-0.15, -0.1) is 0 Å². The SMILES string of the molecule is CCCCCCC[C@H]1CC[C@@H](COc2ccc(-c3ccc(C=CC(=O)O)cc3)cc2)CC1. The van der Waals surface area contributed by atoms with Gasteiger partial charge in [-0.25, -0.2) is 4.79 Å². The summed E-state index contributed by atoms with van der Waals surface area (Å²) in [6.07, 6.45) is 16.5. The van der Waals surface area contributed by atoms with Gasteiger partial charge in [0.1, 0.15) is 5.75 Å². The molecule has 0 aliphatic heterocycles. The highest BCUT2D eigenvalue weighted by Crippen LogP contribution is 2.33. The van der Waals surface area contributed by atoms with E-state index in [1.54, 1.807) is 6.08 Å². The van der Waals surface area contributed by atoms with E-state index >= 15 is 0 Å². The number of benzene rings is 2. The lowest BCUT2D eigenvalue weighted by Gasteiger charge is -2.28. The van der Waals surface area contributed by atoms with Crippen molar-refractivity contribution in [3.63, 3.8) is 0 Å². The lowest BCUT2D eigenvalue weighted by molar-refractivity contribution is -0.131. The number of carbonyl (C=O) groups is 1. The van der Waals surface area contributed by atoms with Crippen molar-refractivity contribution in [2.75, 3.05) is 6.61 Å². The highest BCUT2D eigenvalue weighted by atomic mass is 16.5. The lowest BCUT2D eigenvalue weighted by Crippen LogP contribution is -2.20. The summed E-state index contributed by atoms with van der Waals surface area (Å²) in [6.45, 7) is 3.11. The van der Waals surface area contributed by atoms with E-state index in [1.165, 1.54) is 64.2 Å². The molecule has 2 aromatic rings. The van der Waals surface area contributed by atoms with Crippen LogP contribution in [-0.2, 0) is 4.79 Å². The van der Waals surface area contributed by atoms with Gasteiger partial charge in [-0.2, -0.15) is 0 Å². The summed E-state index contributed by atoms with van der Waals surface area (Å²) in [5.74, 6) is 1.64.